The van der Waals surface area contributed by atoms with Gasteiger partial charge in [-0.15, -0.1) is 0 Å². The Balaban J connectivity index is 2.00. The standard InChI is InChI=1S/C10H19NO/c11-9-5-6-10(12,7-9)8-3-1-2-4-8/h8-9,12H,1-7,11H2. The molecule has 70 valence electrons. The minimum absolute atomic E-state index is 0.260. The van der Waals surface area contributed by atoms with Crippen LogP contribution in [-0.4, -0.2) is 16.7 Å². The van der Waals surface area contributed by atoms with Gasteiger partial charge in [0, 0.05) is 6.04 Å². The van der Waals surface area contributed by atoms with Crippen LogP contribution in [0.3, 0.4) is 0 Å². The molecule has 2 heteroatoms. The van der Waals surface area contributed by atoms with E-state index in [2.05, 4.69) is 0 Å². The molecule has 0 aromatic heterocycles. The summed E-state index contributed by atoms with van der Waals surface area (Å²) in [6.07, 6.45) is 7.88. The first kappa shape index (κ1) is 8.52. The van der Waals surface area contributed by atoms with E-state index in [1.54, 1.807) is 0 Å². The number of aliphatic hydroxyl groups is 1. The summed E-state index contributed by atoms with van der Waals surface area (Å²) in [5.41, 5.74) is 5.44. The molecule has 3 N–H and O–H groups in total. The average Bonchev–Trinajstić information content (AvgIpc) is 2.59. The maximum absolute atomic E-state index is 10.3. The lowest BCUT2D eigenvalue weighted by Crippen LogP contribution is -2.35. The van der Waals surface area contributed by atoms with E-state index in [4.69, 9.17) is 5.73 Å². The summed E-state index contributed by atoms with van der Waals surface area (Å²) in [6, 6.07) is 0.260. The zero-order valence-electron chi connectivity index (χ0n) is 7.63. The molecule has 2 rings (SSSR count). The Hall–Kier alpha value is -0.0800. The predicted octanol–water partition coefficient (Wildman–Crippen LogP) is 1.42. The van der Waals surface area contributed by atoms with Crippen LogP contribution in [0.15, 0.2) is 0 Å². The summed E-state index contributed by atoms with van der Waals surface area (Å²) in [6.45, 7) is 0. The highest BCUT2D eigenvalue weighted by atomic mass is 16.3. The number of hydrogen-bond acceptors (Lipinski definition) is 2. The van der Waals surface area contributed by atoms with Crippen LogP contribution in [0.1, 0.15) is 44.9 Å². The molecule has 2 fully saturated rings. The molecule has 0 bridgehead atoms. The van der Waals surface area contributed by atoms with E-state index in [1.165, 1.54) is 25.7 Å². The second-order valence-corrected chi connectivity index (χ2v) is 4.59. The van der Waals surface area contributed by atoms with Crippen molar-refractivity contribution in [2.45, 2.75) is 56.6 Å². The Morgan fingerprint density at radius 3 is 2.33 bits per heavy atom. The molecule has 0 saturated heterocycles. The lowest BCUT2D eigenvalue weighted by atomic mass is 9.84. The Labute approximate surface area is 74.1 Å². The lowest BCUT2D eigenvalue weighted by molar-refractivity contribution is -0.0107. The SMILES string of the molecule is NC1CCC(O)(C2CCCC2)C1. The summed E-state index contributed by atoms with van der Waals surface area (Å²) < 4.78 is 0. The first-order valence-corrected chi connectivity index (χ1v) is 5.19. The highest BCUT2D eigenvalue weighted by Crippen LogP contribution is 2.43. The van der Waals surface area contributed by atoms with E-state index < -0.39 is 0 Å². The van der Waals surface area contributed by atoms with Gasteiger partial charge < -0.3 is 10.8 Å². The van der Waals surface area contributed by atoms with Gasteiger partial charge in [-0.05, 0) is 38.0 Å². The lowest BCUT2D eigenvalue weighted by Gasteiger charge is -2.29. The Kier molecular flexibility index (Phi) is 2.13. The number of hydrogen-bond donors (Lipinski definition) is 2. The van der Waals surface area contributed by atoms with E-state index >= 15 is 0 Å². The van der Waals surface area contributed by atoms with Crippen molar-refractivity contribution in [3.05, 3.63) is 0 Å². The van der Waals surface area contributed by atoms with Gasteiger partial charge in [-0.3, -0.25) is 0 Å². The average molecular weight is 169 g/mol. The van der Waals surface area contributed by atoms with Crippen LogP contribution >= 0.6 is 0 Å². The third-order valence-corrected chi connectivity index (χ3v) is 3.68. The quantitative estimate of drug-likeness (QED) is 0.623. The topological polar surface area (TPSA) is 46.2 Å². The minimum atomic E-state index is -0.379. The summed E-state index contributed by atoms with van der Waals surface area (Å²) in [4.78, 5) is 0. The van der Waals surface area contributed by atoms with Crippen molar-refractivity contribution in [1.29, 1.82) is 0 Å². The highest BCUT2D eigenvalue weighted by molar-refractivity contribution is 4.97. The maximum atomic E-state index is 10.3. The predicted molar refractivity (Wildman–Crippen MR) is 48.7 cm³/mol. The van der Waals surface area contributed by atoms with Crippen molar-refractivity contribution in [2.24, 2.45) is 11.7 Å². The molecule has 0 amide bonds. The summed E-state index contributed by atoms with van der Waals surface area (Å²) in [5.74, 6) is 0.561. The van der Waals surface area contributed by atoms with Gasteiger partial charge in [-0.25, -0.2) is 0 Å². The molecule has 2 aliphatic rings. The first-order chi connectivity index (χ1) is 5.71. The molecule has 2 atom stereocenters. The zero-order chi connectivity index (χ0) is 8.60. The summed E-state index contributed by atoms with van der Waals surface area (Å²) in [7, 11) is 0. The van der Waals surface area contributed by atoms with Crippen LogP contribution in [0.4, 0.5) is 0 Å². The summed E-state index contributed by atoms with van der Waals surface area (Å²) in [5, 5.41) is 10.3. The molecule has 2 saturated carbocycles. The summed E-state index contributed by atoms with van der Waals surface area (Å²) >= 11 is 0. The van der Waals surface area contributed by atoms with Crippen molar-refractivity contribution in [2.75, 3.05) is 0 Å². The minimum Gasteiger partial charge on any atom is -0.390 e. The molecule has 2 nitrogen and oxygen atoms in total. The third kappa shape index (κ3) is 1.38. The van der Waals surface area contributed by atoms with Gasteiger partial charge in [0.2, 0.25) is 0 Å². The first-order valence-electron chi connectivity index (χ1n) is 5.19. The number of rotatable bonds is 1. The molecule has 2 unspecified atom stereocenters. The largest absolute Gasteiger partial charge is 0.390 e. The normalized spacial score (nSPS) is 44.0. The van der Waals surface area contributed by atoms with Crippen LogP contribution in [0, 0.1) is 5.92 Å². The zero-order valence-corrected chi connectivity index (χ0v) is 7.63. The second-order valence-electron chi connectivity index (χ2n) is 4.59. The van der Waals surface area contributed by atoms with Crippen molar-refractivity contribution in [3.8, 4) is 0 Å². The molecule has 2 aliphatic carbocycles. The van der Waals surface area contributed by atoms with Gasteiger partial charge in [0.05, 0.1) is 5.60 Å². The van der Waals surface area contributed by atoms with Crippen LogP contribution in [-0.2, 0) is 0 Å². The Morgan fingerprint density at radius 1 is 1.17 bits per heavy atom. The van der Waals surface area contributed by atoms with E-state index in [0.29, 0.717) is 5.92 Å². The van der Waals surface area contributed by atoms with Crippen molar-refractivity contribution >= 4 is 0 Å². The van der Waals surface area contributed by atoms with Gasteiger partial charge in [-0.1, -0.05) is 12.8 Å². The molecular formula is C10H19NO. The molecule has 0 heterocycles. The second kappa shape index (κ2) is 3.00. The van der Waals surface area contributed by atoms with Gasteiger partial charge in [0.15, 0.2) is 0 Å². The molecule has 0 aromatic carbocycles. The van der Waals surface area contributed by atoms with E-state index in [-0.39, 0.29) is 11.6 Å². The molecule has 0 radical (unpaired) electrons. The molecule has 0 spiro atoms. The van der Waals surface area contributed by atoms with Crippen molar-refractivity contribution in [1.82, 2.24) is 0 Å². The van der Waals surface area contributed by atoms with Crippen LogP contribution < -0.4 is 5.73 Å². The third-order valence-electron chi connectivity index (χ3n) is 3.68. The number of nitrogens with two attached hydrogens (primary N) is 1. The fourth-order valence-electron chi connectivity index (χ4n) is 2.93. The van der Waals surface area contributed by atoms with Gasteiger partial charge >= 0.3 is 0 Å². The van der Waals surface area contributed by atoms with E-state index in [0.717, 1.165) is 19.3 Å². The fraction of sp³-hybridized carbons (Fsp3) is 1.00. The monoisotopic (exact) mass is 169 g/mol. The Bertz CT molecular complexity index is 165. The van der Waals surface area contributed by atoms with Gasteiger partial charge in [0.1, 0.15) is 0 Å². The molecular weight excluding hydrogens is 150 g/mol. The van der Waals surface area contributed by atoms with Crippen LogP contribution in [0.5, 0.6) is 0 Å². The van der Waals surface area contributed by atoms with Gasteiger partial charge in [-0.2, -0.15) is 0 Å². The highest BCUT2D eigenvalue weighted by Gasteiger charge is 2.43. The molecule has 0 aliphatic heterocycles. The van der Waals surface area contributed by atoms with Crippen LogP contribution in [0.25, 0.3) is 0 Å². The van der Waals surface area contributed by atoms with Crippen LogP contribution in [0.2, 0.25) is 0 Å². The van der Waals surface area contributed by atoms with E-state index in [9.17, 15) is 5.11 Å². The van der Waals surface area contributed by atoms with Crippen molar-refractivity contribution < 1.29 is 5.11 Å². The molecule has 0 aromatic rings. The molecule has 12 heavy (non-hydrogen) atoms. The fourth-order valence-corrected chi connectivity index (χ4v) is 2.93. The van der Waals surface area contributed by atoms with Crippen molar-refractivity contribution in [3.63, 3.8) is 0 Å². The van der Waals surface area contributed by atoms with Gasteiger partial charge in [0.25, 0.3) is 0 Å². The smallest absolute Gasteiger partial charge is 0.0691 e. The maximum Gasteiger partial charge on any atom is 0.0691 e. The van der Waals surface area contributed by atoms with E-state index in [1.807, 2.05) is 0 Å². The Morgan fingerprint density at radius 2 is 1.83 bits per heavy atom.